The second-order valence-electron chi connectivity index (χ2n) is 6.92. The number of amides is 3. The molecule has 1 aliphatic rings. The maximum Gasteiger partial charge on any atom is 0.326 e. The van der Waals surface area contributed by atoms with Crippen LogP contribution in [0.5, 0.6) is 5.75 Å². The second-order valence-corrected chi connectivity index (χ2v) is 8.62. The summed E-state index contributed by atoms with van der Waals surface area (Å²) in [5.41, 5.74) is 1.30. The molecule has 166 valence electrons. The third-order valence-electron chi connectivity index (χ3n) is 4.85. The Hall–Kier alpha value is -3.24. The van der Waals surface area contributed by atoms with E-state index in [1.54, 1.807) is 52.4 Å². The van der Waals surface area contributed by atoms with Crippen molar-refractivity contribution in [3.05, 3.63) is 69.3 Å². The van der Waals surface area contributed by atoms with Gasteiger partial charge in [0, 0.05) is 42.5 Å². The maximum atomic E-state index is 12.9. The number of hydrogen-bond donors (Lipinski definition) is 1. The Kier molecular flexibility index (Phi) is 6.81. The van der Waals surface area contributed by atoms with Gasteiger partial charge in [-0.05, 0) is 29.8 Å². The SMILES string of the molecule is O=C(NCc1cnc(Cl)s1)c1ccnc(N2CCN(Cc3ccc(OCF)cc3)C2=O)c1. The predicted octanol–water partition coefficient (Wildman–Crippen LogP) is 3.87. The zero-order chi connectivity index (χ0) is 22.5. The van der Waals surface area contributed by atoms with Crippen molar-refractivity contribution in [2.75, 3.05) is 24.9 Å². The quantitative estimate of drug-likeness (QED) is 0.534. The molecule has 3 amide bonds. The minimum absolute atomic E-state index is 0.196. The molecule has 0 radical (unpaired) electrons. The average Bonchev–Trinajstić information content (AvgIpc) is 3.39. The van der Waals surface area contributed by atoms with E-state index < -0.39 is 6.86 Å². The van der Waals surface area contributed by atoms with Crippen molar-refractivity contribution >= 4 is 40.7 Å². The van der Waals surface area contributed by atoms with Gasteiger partial charge in [-0.25, -0.2) is 19.2 Å². The summed E-state index contributed by atoms with van der Waals surface area (Å²) < 4.78 is 17.5. The van der Waals surface area contributed by atoms with E-state index in [4.69, 9.17) is 16.3 Å². The number of urea groups is 1. The van der Waals surface area contributed by atoms with E-state index in [0.717, 1.165) is 10.4 Å². The molecule has 11 heteroatoms. The molecule has 0 saturated carbocycles. The van der Waals surface area contributed by atoms with Gasteiger partial charge in [0.25, 0.3) is 5.91 Å². The van der Waals surface area contributed by atoms with Crippen LogP contribution in [0.2, 0.25) is 4.47 Å². The molecule has 3 aromatic rings. The first-order chi connectivity index (χ1) is 15.5. The Labute approximate surface area is 192 Å². The lowest BCUT2D eigenvalue weighted by molar-refractivity contribution is 0.0951. The minimum Gasteiger partial charge on any atom is -0.463 e. The molecule has 0 bridgehead atoms. The number of benzene rings is 1. The van der Waals surface area contributed by atoms with Gasteiger partial charge in [0.05, 0.1) is 6.54 Å². The summed E-state index contributed by atoms with van der Waals surface area (Å²) >= 11 is 7.11. The highest BCUT2D eigenvalue weighted by Crippen LogP contribution is 2.22. The highest BCUT2D eigenvalue weighted by molar-refractivity contribution is 7.15. The highest BCUT2D eigenvalue weighted by atomic mass is 35.5. The van der Waals surface area contributed by atoms with Crippen molar-refractivity contribution in [3.63, 3.8) is 0 Å². The number of nitrogens with one attached hydrogen (secondary N) is 1. The van der Waals surface area contributed by atoms with Gasteiger partial charge in [0.15, 0.2) is 4.47 Å². The zero-order valence-corrected chi connectivity index (χ0v) is 18.4. The number of ether oxygens (including phenoxy) is 1. The molecule has 4 rings (SSSR count). The van der Waals surface area contributed by atoms with Crippen molar-refractivity contribution in [1.82, 2.24) is 20.2 Å². The molecule has 1 N–H and O–H groups in total. The van der Waals surface area contributed by atoms with Gasteiger partial charge >= 0.3 is 6.03 Å². The number of alkyl halides is 1. The number of thiazole rings is 1. The number of halogens is 2. The average molecular weight is 476 g/mol. The Balaban J connectivity index is 1.38. The van der Waals surface area contributed by atoms with Gasteiger partial charge in [0.1, 0.15) is 11.6 Å². The van der Waals surface area contributed by atoms with Crippen LogP contribution in [-0.2, 0) is 13.1 Å². The van der Waals surface area contributed by atoms with Crippen LogP contribution in [0.3, 0.4) is 0 Å². The fourth-order valence-corrected chi connectivity index (χ4v) is 4.18. The van der Waals surface area contributed by atoms with Crippen LogP contribution in [0.1, 0.15) is 20.8 Å². The van der Waals surface area contributed by atoms with Crippen LogP contribution in [-0.4, -0.2) is 46.8 Å². The number of hydrogen-bond acceptors (Lipinski definition) is 6. The third-order valence-corrected chi connectivity index (χ3v) is 5.96. The lowest BCUT2D eigenvalue weighted by Crippen LogP contribution is -2.32. The number of aromatic nitrogens is 2. The smallest absolute Gasteiger partial charge is 0.326 e. The molecule has 2 aromatic heterocycles. The van der Waals surface area contributed by atoms with Crippen LogP contribution in [0, 0.1) is 0 Å². The lowest BCUT2D eigenvalue weighted by atomic mass is 10.2. The van der Waals surface area contributed by atoms with E-state index in [2.05, 4.69) is 15.3 Å². The second kappa shape index (κ2) is 9.92. The normalized spacial score (nSPS) is 13.5. The summed E-state index contributed by atoms with van der Waals surface area (Å²) in [5.74, 6) is 0.568. The first-order valence-electron chi connectivity index (χ1n) is 9.72. The summed E-state index contributed by atoms with van der Waals surface area (Å²) in [6, 6.07) is 9.91. The highest BCUT2D eigenvalue weighted by Gasteiger charge is 2.30. The minimum atomic E-state index is -0.886. The van der Waals surface area contributed by atoms with Crippen LogP contribution < -0.4 is 15.0 Å². The Morgan fingerprint density at radius 1 is 1.22 bits per heavy atom. The lowest BCUT2D eigenvalue weighted by Gasteiger charge is -2.18. The van der Waals surface area contributed by atoms with Gasteiger partial charge < -0.3 is 15.0 Å². The summed E-state index contributed by atoms with van der Waals surface area (Å²) in [7, 11) is 0. The van der Waals surface area contributed by atoms with Crippen LogP contribution in [0.15, 0.2) is 48.8 Å². The first kappa shape index (κ1) is 22.0. The van der Waals surface area contributed by atoms with Gasteiger partial charge in [-0.1, -0.05) is 23.7 Å². The van der Waals surface area contributed by atoms with E-state index in [1.807, 2.05) is 0 Å². The number of nitrogens with zero attached hydrogens (tertiary/aromatic N) is 4. The van der Waals surface area contributed by atoms with E-state index in [9.17, 15) is 14.0 Å². The molecule has 1 fully saturated rings. The molecule has 1 aromatic carbocycles. The molecular weight excluding hydrogens is 457 g/mol. The van der Waals surface area contributed by atoms with E-state index in [0.29, 0.717) is 47.8 Å². The number of rotatable bonds is 8. The van der Waals surface area contributed by atoms with Crippen molar-refractivity contribution in [2.24, 2.45) is 0 Å². The number of anilines is 1. The van der Waals surface area contributed by atoms with Crippen molar-refractivity contribution in [2.45, 2.75) is 13.1 Å². The third kappa shape index (κ3) is 5.14. The first-order valence-corrected chi connectivity index (χ1v) is 10.9. The standard InChI is InChI=1S/C21H19ClFN5O3S/c22-20-26-11-17(32-20)10-25-19(29)15-5-6-24-18(9-15)28-8-7-27(21(28)30)12-14-1-3-16(4-2-14)31-13-23/h1-6,9,11H,7-8,10,12-13H2,(H,25,29). The van der Waals surface area contributed by atoms with Crippen LogP contribution in [0.4, 0.5) is 15.0 Å². The van der Waals surface area contributed by atoms with E-state index >= 15 is 0 Å². The Morgan fingerprint density at radius 3 is 2.75 bits per heavy atom. The molecule has 1 aliphatic heterocycles. The van der Waals surface area contributed by atoms with Crippen LogP contribution in [0.25, 0.3) is 0 Å². The molecular formula is C21H19ClFN5O3S. The van der Waals surface area contributed by atoms with Crippen molar-refractivity contribution in [1.29, 1.82) is 0 Å². The summed E-state index contributed by atoms with van der Waals surface area (Å²) in [6.45, 7) is 0.809. The predicted molar refractivity (Wildman–Crippen MR) is 119 cm³/mol. The fraction of sp³-hybridized carbons (Fsp3) is 0.238. The molecule has 0 spiro atoms. The van der Waals surface area contributed by atoms with Gasteiger partial charge in [-0.15, -0.1) is 11.3 Å². The van der Waals surface area contributed by atoms with Gasteiger partial charge in [-0.3, -0.25) is 9.69 Å². The summed E-state index contributed by atoms with van der Waals surface area (Å²) in [4.78, 5) is 37.7. The summed E-state index contributed by atoms with van der Waals surface area (Å²) in [6.07, 6.45) is 3.12. The monoisotopic (exact) mass is 475 g/mol. The molecule has 8 nitrogen and oxygen atoms in total. The Morgan fingerprint density at radius 2 is 2.03 bits per heavy atom. The zero-order valence-electron chi connectivity index (χ0n) is 16.8. The van der Waals surface area contributed by atoms with E-state index in [-0.39, 0.29) is 11.9 Å². The number of carbonyl (C=O) groups is 2. The molecule has 32 heavy (non-hydrogen) atoms. The fourth-order valence-electron chi connectivity index (χ4n) is 3.26. The van der Waals surface area contributed by atoms with Crippen molar-refractivity contribution < 1.29 is 18.7 Å². The molecule has 0 atom stereocenters. The van der Waals surface area contributed by atoms with Gasteiger partial charge in [0.2, 0.25) is 6.86 Å². The van der Waals surface area contributed by atoms with Crippen LogP contribution >= 0.6 is 22.9 Å². The van der Waals surface area contributed by atoms with Crippen molar-refractivity contribution in [3.8, 4) is 5.75 Å². The molecule has 3 heterocycles. The largest absolute Gasteiger partial charge is 0.463 e. The maximum absolute atomic E-state index is 12.9. The molecule has 0 aliphatic carbocycles. The molecule has 1 saturated heterocycles. The Bertz CT molecular complexity index is 1110. The molecule has 0 unspecified atom stereocenters. The van der Waals surface area contributed by atoms with Gasteiger partial charge in [-0.2, -0.15) is 0 Å². The summed E-state index contributed by atoms with van der Waals surface area (Å²) in [5, 5.41) is 2.81. The van der Waals surface area contributed by atoms with E-state index in [1.165, 1.54) is 17.5 Å². The topological polar surface area (TPSA) is 87.7 Å². The number of carbonyl (C=O) groups excluding carboxylic acids is 2. The number of pyridine rings is 1.